The van der Waals surface area contributed by atoms with Crippen LogP contribution in [-0.4, -0.2) is 6.54 Å². The van der Waals surface area contributed by atoms with Crippen molar-refractivity contribution in [1.29, 1.82) is 0 Å². The molecule has 1 nitrogen and oxygen atoms in total. The molecule has 0 saturated carbocycles. The Kier molecular flexibility index (Phi) is 19.4. The highest BCUT2D eigenvalue weighted by atomic mass is 14.8. The van der Waals surface area contributed by atoms with Crippen molar-refractivity contribution in [3.63, 3.8) is 0 Å². The van der Waals surface area contributed by atoms with Crippen molar-refractivity contribution in [2.45, 2.75) is 104 Å². The summed E-state index contributed by atoms with van der Waals surface area (Å²) in [5.74, 6) is 0. The number of hydrogen-bond acceptors (Lipinski definition) is 1. The molecule has 0 rings (SSSR count). The molecular weight excluding hydrogens is 254 g/mol. The summed E-state index contributed by atoms with van der Waals surface area (Å²) in [5, 5.41) is 3.26. The van der Waals surface area contributed by atoms with Crippen molar-refractivity contribution < 1.29 is 0 Å². The van der Waals surface area contributed by atoms with Gasteiger partial charge in [-0.25, -0.2) is 0 Å². The van der Waals surface area contributed by atoms with Gasteiger partial charge >= 0.3 is 0 Å². The Labute approximate surface area is 135 Å². The van der Waals surface area contributed by atoms with Crippen LogP contribution in [0.2, 0.25) is 0 Å². The normalized spacial score (nSPS) is 11.5. The van der Waals surface area contributed by atoms with E-state index in [1.54, 1.807) is 0 Å². The second-order valence-electron chi connectivity index (χ2n) is 6.18. The molecule has 1 heteroatoms. The lowest BCUT2D eigenvalue weighted by molar-refractivity contribution is 0.583. The monoisotopic (exact) mass is 294 g/mol. The van der Waals surface area contributed by atoms with Gasteiger partial charge in [-0.3, -0.25) is 0 Å². The van der Waals surface area contributed by atoms with Crippen LogP contribution in [0.4, 0.5) is 0 Å². The molecule has 0 aliphatic rings. The molecular formula is C20H40N. The molecule has 0 heterocycles. The quantitative estimate of drug-likeness (QED) is 0.230. The Bertz CT molecular complexity index is 198. The van der Waals surface area contributed by atoms with Crippen LogP contribution in [0.25, 0.3) is 0 Å². The molecule has 1 N–H and O–H groups in total. The fourth-order valence-corrected chi connectivity index (χ4v) is 2.62. The summed E-state index contributed by atoms with van der Waals surface area (Å²) in [6.45, 7) is 7.53. The van der Waals surface area contributed by atoms with Crippen molar-refractivity contribution >= 4 is 0 Å². The van der Waals surface area contributed by atoms with Crippen LogP contribution in [0.1, 0.15) is 104 Å². The van der Waals surface area contributed by atoms with E-state index < -0.39 is 0 Å². The minimum atomic E-state index is 1.15. The van der Waals surface area contributed by atoms with Crippen molar-refractivity contribution in [2.75, 3.05) is 6.54 Å². The molecule has 0 unspecified atom stereocenters. The summed E-state index contributed by atoms with van der Waals surface area (Å²) in [6, 6.07) is 0. The summed E-state index contributed by atoms with van der Waals surface area (Å²) in [7, 11) is 0. The average Bonchev–Trinajstić information content (AvgIpc) is 2.50. The lowest BCUT2D eigenvalue weighted by Gasteiger charge is -2.01. The topological polar surface area (TPSA) is 12.0 Å². The third-order valence-electron chi connectivity index (χ3n) is 4.04. The molecule has 0 bridgehead atoms. The second kappa shape index (κ2) is 19.7. The third-order valence-corrected chi connectivity index (χ3v) is 4.04. The van der Waals surface area contributed by atoms with Crippen LogP contribution >= 0.6 is 0 Å². The van der Waals surface area contributed by atoms with E-state index >= 15 is 0 Å². The molecule has 0 amide bonds. The van der Waals surface area contributed by atoms with Gasteiger partial charge in [0.2, 0.25) is 0 Å². The van der Waals surface area contributed by atoms with Crippen molar-refractivity contribution in [2.24, 2.45) is 0 Å². The molecule has 0 aromatic heterocycles. The first-order valence-electron chi connectivity index (χ1n) is 9.58. The SMILES string of the molecule is C[CH]NCCCCCCCC/C=C\CCCCCCCC. The minimum absolute atomic E-state index is 1.15. The maximum atomic E-state index is 3.26. The fraction of sp³-hybridized carbons (Fsp3) is 0.850. The van der Waals surface area contributed by atoms with Crippen LogP contribution in [0.5, 0.6) is 0 Å². The van der Waals surface area contributed by atoms with Gasteiger partial charge < -0.3 is 5.32 Å². The summed E-state index contributed by atoms with van der Waals surface area (Å²) in [4.78, 5) is 0. The molecule has 0 aromatic carbocycles. The van der Waals surface area contributed by atoms with Gasteiger partial charge in [0.05, 0.1) is 0 Å². The predicted molar refractivity (Wildman–Crippen MR) is 97.4 cm³/mol. The molecule has 0 spiro atoms. The van der Waals surface area contributed by atoms with E-state index in [0.29, 0.717) is 0 Å². The first-order valence-corrected chi connectivity index (χ1v) is 9.58. The number of unbranched alkanes of at least 4 members (excludes halogenated alkanes) is 12. The number of allylic oxidation sites excluding steroid dienone is 2. The summed E-state index contributed by atoms with van der Waals surface area (Å²) in [6.07, 6.45) is 24.2. The van der Waals surface area contributed by atoms with E-state index in [2.05, 4.69) is 31.3 Å². The maximum absolute atomic E-state index is 3.26. The average molecular weight is 295 g/mol. The van der Waals surface area contributed by atoms with Gasteiger partial charge in [-0.1, -0.05) is 76.9 Å². The molecule has 21 heavy (non-hydrogen) atoms. The minimum Gasteiger partial charge on any atom is -0.313 e. The van der Waals surface area contributed by atoms with E-state index in [1.807, 2.05) is 6.54 Å². The molecule has 125 valence electrons. The Hall–Kier alpha value is -0.300. The Morgan fingerprint density at radius 3 is 1.62 bits per heavy atom. The van der Waals surface area contributed by atoms with Gasteiger partial charge in [-0.15, -0.1) is 0 Å². The largest absolute Gasteiger partial charge is 0.313 e. The molecule has 0 fully saturated rings. The maximum Gasteiger partial charge on any atom is 0.0190 e. The highest BCUT2D eigenvalue weighted by molar-refractivity contribution is 4.81. The van der Waals surface area contributed by atoms with Crippen molar-refractivity contribution in [3.8, 4) is 0 Å². The number of hydrogen-bond donors (Lipinski definition) is 1. The van der Waals surface area contributed by atoms with Gasteiger partial charge in [-0.2, -0.15) is 0 Å². The molecule has 0 aliphatic heterocycles. The van der Waals surface area contributed by atoms with Crippen LogP contribution in [0.15, 0.2) is 12.2 Å². The third kappa shape index (κ3) is 19.7. The van der Waals surface area contributed by atoms with Gasteiger partial charge in [0.25, 0.3) is 0 Å². The molecule has 1 radical (unpaired) electrons. The lowest BCUT2D eigenvalue weighted by Crippen LogP contribution is -2.08. The van der Waals surface area contributed by atoms with Crippen molar-refractivity contribution in [1.82, 2.24) is 5.32 Å². The van der Waals surface area contributed by atoms with E-state index in [0.717, 1.165) is 6.54 Å². The van der Waals surface area contributed by atoms with Crippen LogP contribution in [0.3, 0.4) is 0 Å². The molecule has 0 aliphatic carbocycles. The first-order chi connectivity index (χ1) is 10.4. The van der Waals surface area contributed by atoms with E-state index in [4.69, 9.17) is 0 Å². The van der Waals surface area contributed by atoms with E-state index in [1.165, 1.54) is 89.9 Å². The lowest BCUT2D eigenvalue weighted by atomic mass is 10.1. The summed E-state index contributed by atoms with van der Waals surface area (Å²) < 4.78 is 0. The van der Waals surface area contributed by atoms with Crippen LogP contribution in [-0.2, 0) is 0 Å². The van der Waals surface area contributed by atoms with Crippen LogP contribution in [0, 0.1) is 6.54 Å². The van der Waals surface area contributed by atoms with E-state index in [-0.39, 0.29) is 0 Å². The fourth-order valence-electron chi connectivity index (χ4n) is 2.62. The zero-order valence-electron chi connectivity index (χ0n) is 14.8. The highest BCUT2D eigenvalue weighted by Crippen LogP contribution is 2.09. The molecule has 0 aromatic rings. The predicted octanol–water partition coefficient (Wildman–Crippen LogP) is 6.80. The number of nitrogens with one attached hydrogen (secondary N) is 1. The first kappa shape index (κ1) is 20.7. The highest BCUT2D eigenvalue weighted by Gasteiger charge is 1.91. The van der Waals surface area contributed by atoms with Gasteiger partial charge in [-0.05, 0) is 45.6 Å². The number of rotatable bonds is 17. The molecule has 0 atom stereocenters. The van der Waals surface area contributed by atoms with Gasteiger partial charge in [0.1, 0.15) is 0 Å². The standard InChI is InChI=1S/C20H40N/c1-3-5-6-7-8-9-10-11-12-13-14-15-16-17-18-19-20-21-4-2/h4,11-12,21H,3,5-10,13-20H2,1-2H3/b12-11-. The van der Waals surface area contributed by atoms with Gasteiger partial charge in [0.15, 0.2) is 0 Å². The Morgan fingerprint density at radius 1 is 0.619 bits per heavy atom. The zero-order valence-corrected chi connectivity index (χ0v) is 14.8. The van der Waals surface area contributed by atoms with E-state index in [9.17, 15) is 0 Å². The summed E-state index contributed by atoms with van der Waals surface area (Å²) in [5.41, 5.74) is 0. The van der Waals surface area contributed by atoms with Gasteiger partial charge in [0, 0.05) is 6.54 Å². The smallest absolute Gasteiger partial charge is 0.0190 e. The molecule has 0 saturated heterocycles. The van der Waals surface area contributed by atoms with Crippen molar-refractivity contribution in [3.05, 3.63) is 18.7 Å². The second-order valence-corrected chi connectivity index (χ2v) is 6.18. The van der Waals surface area contributed by atoms with Crippen LogP contribution < -0.4 is 5.32 Å². The summed E-state index contributed by atoms with van der Waals surface area (Å²) >= 11 is 0. The Morgan fingerprint density at radius 2 is 1.10 bits per heavy atom. The zero-order chi connectivity index (χ0) is 15.4. The Balaban J connectivity index is 3.02.